The molecular weight excluding hydrogens is 384 g/mol. The lowest BCUT2D eigenvalue weighted by molar-refractivity contribution is -0.118. The van der Waals surface area contributed by atoms with Crippen molar-refractivity contribution in [1.82, 2.24) is 4.90 Å². The second kappa shape index (κ2) is 7.33. The van der Waals surface area contributed by atoms with E-state index in [1.54, 1.807) is 6.92 Å². The summed E-state index contributed by atoms with van der Waals surface area (Å²) in [6.07, 6.45) is 4.35. The summed E-state index contributed by atoms with van der Waals surface area (Å²) in [5, 5.41) is 0. The zero-order valence-electron chi connectivity index (χ0n) is 12.1. The van der Waals surface area contributed by atoms with Crippen LogP contribution < -0.4 is 0 Å². The Balaban J connectivity index is 2.26. The Morgan fingerprint density at radius 1 is 1.33 bits per heavy atom. The van der Waals surface area contributed by atoms with E-state index in [0.29, 0.717) is 22.1 Å². The number of carbonyl (C=O) groups excluding carboxylic acids is 2. The van der Waals surface area contributed by atoms with Crippen LogP contribution in [0.15, 0.2) is 18.2 Å². The predicted molar refractivity (Wildman–Crippen MR) is 87.7 cm³/mol. The fourth-order valence-electron chi connectivity index (χ4n) is 2.81. The van der Waals surface area contributed by atoms with Gasteiger partial charge < -0.3 is 4.90 Å². The largest absolute Gasteiger partial charge is 0.335 e. The molecule has 0 radical (unpaired) electrons. The number of likely N-dealkylation sites (tertiary alicyclic amines) is 1. The third kappa shape index (κ3) is 4.25. The molecule has 1 unspecified atom stereocenters. The van der Waals surface area contributed by atoms with Gasteiger partial charge in [-0.05, 0) is 60.6 Å². The van der Waals surface area contributed by atoms with Crippen molar-refractivity contribution in [2.45, 2.75) is 45.1 Å². The van der Waals surface area contributed by atoms with Crippen LogP contribution in [0.5, 0.6) is 0 Å². The molecule has 5 heteroatoms. The van der Waals surface area contributed by atoms with Crippen molar-refractivity contribution in [3.8, 4) is 0 Å². The molecule has 1 amide bonds. The molecule has 114 valence electrons. The van der Waals surface area contributed by atoms with Crippen LogP contribution in [0.3, 0.4) is 0 Å². The number of hydrogen-bond donors (Lipinski definition) is 0. The molecule has 1 aromatic carbocycles. The molecule has 1 atom stereocenters. The van der Waals surface area contributed by atoms with Crippen molar-refractivity contribution in [3.63, 3.8) is 0 Å². The summed E-state index contributed by atoms with van der Waals surface area (Å²) >= 11 is 1.99. The maximum Gasteiger partial charge on any atom is 0.255 e. The van der Waals surface area contributed by atoms with Gasteiger partial charge in [-0.1, -0.05) is 12.8 Å². The molecule has 0 aliphatic carbocycles. The number of halogens is 2. The van der Waals surface area contributed by atoms with E-state index in [4.69, 9.17) is 0 Å². The second-order valence-corrected chi connectivity index (χ2v) is 6.69. The van der Waals surface area contributed by atoms with Crippen molar-refractivity contribution in [3.05, 3.63) is 33.1 Å². The fourth-order valence-corrected chi connectivity index (χ4v) is 3.51. The van der Waals surface area contributed by atoms with Crippen LogP contribution in [0, 0.1) is 9.39 Å². The van der Waals surface area contributed by atoms with Crippen molar-refractivity contribution in [2.24, 2.45) is 0 Å². The topological polar surface area (TPSA) is 37.4 Å². The van der Waals surface area contributed by atoms with Gasteiger partial charge in [0.15, 0.2) is 0 Å². The normalized spacial score (nSPS) is 19.2. The van der Waals surface area contributed by atoms with Gasteiger partial charge in [0.2, 0.25) is 0 Å². The zero-order chi connectivity index (χ0) is 15.4. The quantitative estimate of drug-likeness (QED) is 0.721. The Hall–Kier alpha value is -0.980. The lowest BCUT2D eigenvalue weighted by atomic mass is 10.0. The molecule has 0 saturated carbocycles. The van der Waals surface area contributed by atoms with Crippen LogP contribution in [0.2, 0.25) is 0 Å². The Kier molecular flexibility index (Phi) is 5.72. The van der Waals surface area contributed by atoms with Gasteiger partial charge in [-0.3, -0.25) is 9.59 Å². The number of benzene rings is 1. The standard InChI is InChI=1S/C16H19FINO2/c1-11(20)9-13-5-3-2-4-8-19(13)16(21)14-7-6-12(17)10-15(14)18/h6-7,10,13H,2-5,8-9H2,1H3. The third-order valence-electron chi connectivity index (χ3n) is 3.82. The van der Waals surface area contributed by atoms with Crippen LogP contribution in [-0.2, 0) is 4.79 Å². The molecule has 0 spiro atoms. The van der Waals surface area contributed by atoms with Gasteiger partial charge in [0.1, 0.15) is 11.6 Å². The molecule has 0 N–H and O–H groups in total. The minimum Gasteiger partial charge on any atom is -0.335 e. The summed E-state index contributed by atoms with van der Waals surface area (Å²) < 4.78 is 13.8. The van der Waals surface area contributed by atoms with Gasteiger partial charge in [0.05, 0.1) is 5.56 Å². The number of nitrogens with zero attached hydrogens (tertiary/aromatic N) is 1. The van der Waals surface area contributed by atoms with Gasteiger partial charge in [-0.2, -0.15) is 0 Å². The summed E-state index contributed by atoms with van der Waals surface area (Å²) in [4.78, 5) is 26.0. The average molecular weight is 403 g/mol. The first-order valence-corrected chi connectivity index (χ1v) is 8.32. The lowest BCUT2D eigenvalue weighted by Crippen LogP contribution is -2.41. The van der Waals surface area contributed by atoms with E-state index in [2.05, 4.69) is 0 Å². The average Bonchev–Trinajstić information content (AvgIpc) is 2.63. The molecule has 0 bridgehead atoms. The summed E-state index contributed by atoms with van der Waals surface area (Å²) in [6, 6.07) is 4.19. The molecule has 1 aliphatic rings. The number of amides is 1. The van der Waals surface area contributed by atoms with Crippen LogP contribution in [0.4, 0.5) is 4.39 Å². The minimum absolute atomic E-state index is 0.0293. The van der Waals surface area contributed by atoms with Crippen LogP contribution >= 0.6 is 22.6 Å². The van der Waals surface area contributed by atoms with Crippen molar-refractivity contribution in [2.75, 3.05) is 6.54 Å². The zero-order valence-corrected chi connectivity index (χ0v) is 14.2. The highest BCUT2D eigenvalue weighted by Gasteiger charge is 2.28. The number of carbonyl (C=O) groups is 2. The smallest absolute Gasteiger partial charge is 0.255 e. The van der Waals surface area contributed by atoms with Crippen molar-refractivity contribution in [1.29, 1.82) is 0 Å². The molecule has 3 nitrogen and oxygen atoms in total. The molecule has 1 aliphatic heterocycles. The van der Waals surface area contributed by atoms with Gasteiger partial charge >= 0.3 is 0 Å². The Bertz CT molecular complexity index is 547. The van der Waals surface area contributed by atoms with E-state index in [0.717, 1.165) is 25.7 Å². The Labute approximate surface area is 138 Å². The monoisotopic (exact) mass is 403 g/mol. The van der Waals surface area contributed by atoms with E-state index in [9.17, 15) is 14.0 Å². The molecule has 1 heterocycles. The molecule has 1 saturated heterocycles. The minimum atomic E-state index is -0.341. The molecule has 1 fully saturated rings. The lowest BCUT2D eigenvalue weighted by Gasteiger charge is -2.30. The maximum atomic E-state index is 13.2. The fraction of sp³-hybridized carbons (Fsp3) is 0.500. The molecular formula is C16H19FINO2. The first-order chi connectivity index (χ1) is 9.99. The van der Waals surface area contributed by atoms with E-state index < -0.39 is 0 Å². The highest BCUT2D eigenvalue weighted by atomic mass is 127. The highest BCUT2D eigenvalue weighted by Crippen LogP contribution is 2.24. The molecule has 0 aromatic heterocycles. The van der Waals surface area contributed by atoms with Gasteiger partial charge in [-0.15, -0.1) is 0 Å². The summed E-state index contributed by atoms with van der Waals surface area (Å²) in [5.74, 6) is -0.326. The van der Waals surface area contributed by atoms with Crippen molar-refractivity contribution < 1.29 is 14.0 Å². The van der Waals surface area contributed by atoms with Gasteiger partial charge in [-0.25, -0.2) is 4.39 Å². The van der Waals surface area contributed by atoms with Gasteiger partial charge in [0, 0.05) is 22.6 Å². The van der Waals surface area contributed by atoms with Gasteiger partial charge in [0.25, 0.3) is 5.91 Å². The first kappa shape index (κ1) is 16.4. The Morgan fingerprint density at radius 3 is 2.76 bits per heavy atom. The summed E-state index contributed by atoms with van der Waals surface area (Å²) in [7, 11) is 0. The predicted octanol–water partition coefficient (Wildman–Crippen LogP) is 3.79. The SMILES string of the molecule is CC(=O)CC1CCCCCN1C(=O)c1ccc(F)cc1I. The molecule has 2 rings (SSSR count). The first-order valence-electron chi connectivity index (χ1n) is 7.24. The van der Waals surface area contributed by atoms with E-state index in [1.807, 2.05) is 27.5 Å². The summed E-state index contributed by atoms with van der Waals surface area (Å²) in [5.41, 5.74) is 0.521. The van der Waals surface area contributed by atoms with E-state index >= 15 is 0 Å². The van der Waals surface area contributed by atoms with Crippen LogP contribution in [-0.4, -0.2) is 29.2 Å². The van der Waals surface area contributed by atoms with E-state index in [-0.39, 0.29) is 23.5 Å². The number of ketones is 1. The maximum absolute atomic E-state index is 13.2. The molecule has 21 heavy (non-hydrogen) atoms. The number of hydrogen-bond acceptors (Lipinski definition) is 2. The molecule has 1 aromatic rings. The summed E-state index contributed by atoms with van der Waals surface area (Å²) in [6.45, 7) is 2.24. The third-order valence-corrected chi connectivity index (χ3v) is 4.72. The number of Topliss-reactive ketones (excluding diaryl/α,β-unsaturated/α-hetero) is 1. The van der Waals surface area contributed by atoms with Crippen LogP contribution in [0.1, 0.15) is 49.4 Å². The Morgan fingerprint density at radius 2 is 2.10 bits per heavy atom. The van der Waals surface area contributed by atoms with Crippen molar-refractivity contribution >= 4 is 34.3 Å². The van der Waals surface area contributed by atoms with E-state index in [1.165, 1.54) is 18.2 Å². The van der Waals surface area contributed by atoms with Crippen LogP contribution in [0.25, 0.3) is 0 Å². The second-order valence-electron chi connectivity index (χ2n) is 5.53. The number of rotatable bonds is 3. The highest BCUT2D eigenvalue weighted by molar-refractivity contribution is 14.1.